The number of benzene rings is 2. The first-order chi connectivity index (χ1) is 16.7. The van der Waals surface area contributed by atoms with E-state index in [0.717, 1.165) is 16.3 Å². The molecule has 2 heterocycles. The number of nitrogens with one attached hydrogen (secondary N) is 1. The number of anilines is 1. The van der Waals surface area contributed by atoms with Crippen molar-refractivity contribution in [3.8, 4) is 22.8 Å². The van der Waals surface area contributed by atoms with Crippen molar-refractivity contribution in [3.05, 3.63) is 71.0 Å². The van der Waals surface area contributed by atoms with Gasteiger partial charge in [-0.3, -0.25) is 9.59 Å². The topological polar surface area (TPSA) is 94.8 Å². The van der Waals surface area contributed by atoms with Crippen LogP contribution in [-0.4, -0.2) is 40.5 Å². The van der Waals surface area contributed by atoms with Gasteiger partial charge >= 0.3 is 0 Å². The minimum absolute atomic E-state index is 0.0369. The molecule has 1 N–H and O–H groups in total. The normalized spacial score (nSPS) is 11.1. The van der Waals surface area contributed by atoms with Crippen LogP contribution in [0.5, 0.6) is 11.5 Å². The van der Waals surface area contributed by atoms with Crippen LogP contribution in [0.1, 0.15) is 45.3 Å². The molecule has 10 heteroatoms. The summed E-state index contributed by atoms with van der Waals surface area (Å²) in [6, 6.07) is 11.4. The third kappa shape index (κ3) is 4.54. The monoisotopic (exact) mass is 480 g/mol. The maximum atomic E-state index is 13.9. The third-order valence-electron chi connectivity index (χ3n) is 5.47. The maximum Gasteiger partial charge on any atom is 0.280 e. The molecule has 8 nitrogen and oxygen atoms in total. The Bertz CT molecular complexity index is 1430. The molecule has 0 aliphatic heterocycles. The number of methoxy groups -OCH3 is 2. The number of carbonyl (C=O) groups is 2. The van der Waals surface area contributed by atoms with Crippen LogP contribution in [0, 0.1) is 6.92 Å². The highest BCUT2D eigenvalue weighted by molar-refractivity contribution is 6.12. The Morgan fingerprint density at radius 3 is 2.26 bits per heavy atom. The molecule has 0 atom stereocenters. The van der Waals surface area contributed by atoms with Crippen LogP contribution in [0.15, 0.2) is 48.7 Å². The summed E-state index contributed by atoms with van der Waals surface area (Å²) in [6.45, 7) is 3.25. The van der Waals surface area contributed by atoms with E-state index in [-0.39, 0.29) is 33.9 Å². The Hall–Kier alpha value is -4.34. The Morgan fingerprint density at radius 1 is 1.00 bits per heavy atom. The lowest BCUT2D eigenvalue weighted by Gasteiger charge is -2.14. The number of aromatic nitrogens is 3. The lowest BCUT2D eigenvalue weighted by Crippen LogP contribution is -2.15. The summed E-state index contributed by atoms with van der Waals surface area (Å²) in [4.78, 5) is 29.9. The third-order valence-corrected chi connectivity index (χ3v) is 5.47. The van der Waals surface area contributed by atoms with Crippen LogP contribution >= 0.6 is 0 Å². The number of fused-ring (bicyclic) bond motifs is 1. The molecule has 0 saturated heterocycles. The van der Waals surface area contributed by atoms with E-state index in [1.165, 1.54) is 39.3 Å². The fourth-order valence-electron chi connectivity index (χ4n) is 3.64. The lowest BCUT2D eigenvalue weighted by molar-refractivity contribution is 0.101. The molecular formula is C25H22F2N4O4. The zero-order valence-corrected chi connectivity index (χ0v) is 19.4. The first-order valence-corrected chi connectivity index (χ1v) is 10.6. The highest BCUT2D eigenvalue weighted by atomic mass is 19.3. The average Bonchev–Trinajstić information content (AvgIpc) is 3.27. The van der Waals surface area contributed by atoms with E-state index in [1.807, 2.05) is 19.1 Å². The number of nitrogens with zero attached hydrogens (tertiary/aromatic N) is 3. The predicted octanol–water partition coefficient (Wildman–Crippen LogP) is 5.11. The number of ketones is 1. The number of amides is 1. The second-order valence-corrected chi connectivity index (χ2v) is 7.79. The van der Waals surface area contributed by atoms with E-state index in [2.05, 4.69) is 15.4 Å². The fourth-order valence-corrected chi connectivity index (χ4v) is 3.64. The second kappa shape index (κ2) is 9.49. The van der Waals surface area contributed by atoms with Crippen LogP contribution in [0.25, 0.3) is 16.9 Å². The number of hydrogen-bond acceptors (Lipinski definition) is 6. The molecule has 4 rings (SSSR count). The Labute approximate surface area is 199 Å². The molecule has 4 aromatic rings. The number of rotatable bonds is 7. The van der Waals surface area contributed by atoms with E-state index >= 15 is 0 Å². The van der Waals surface area contributed by atoms with Crippen molar-refractivity contribution in [2.45, 2.75) is 20.3 Å². The number of ether oxygens (including phenoxy) is 2. The van der Waals surface area contributed by atoms with Gasteiger partial charge in [0.15, 0.2) is 22.9 Å². The molecule has 0 bridgehead atoms. The van der Waals surface area contributed by atoms with Crippen LogP contribution in [0.4, 0.5) is 14.5 Å². The molecule has 0 spiro atoms. The molecule has 1 amide bonds. The highest BCUT2D eigenvalue weighted by Crippen LogP contribution is 2.34. The van der Waals surface area contributed by atoms with Crippen LogP contribution < -0.4 is 14.8 Å². The Kier molecular flexibility index (Phi) is 6.46. The Morgan fingerprint density at radius 2 is 1.66 bits per heavy atom. The van der Waals surface area contributed by atoms with E-state index < -0.39 is 18.0 Å². The van der Waals surface area contributed by atoms with Crippen LogP contribution in [-0.2, 0) is 0 Å². The summed E-state index contributed by atoms with van der Waals surface area (Å²) in [5, 5.41) is 6.62. The largest absolute Gasteiger partial charge is 0.493 e. The van der Waals surface area contributed by atoms with Crippen molar-refractivity contribution < 1.29 is 27.8 Å². The molecule has 180 valence electrons. The number of hydrogen-bond donors (Lipinski definition) is 1. The number of aryl methyl sites for hydroxylation is 1. The van der Waals surface area contributed by atoms with Gasteiger partial charge < -0.3 is 14.8 Å². The predicted molar refractivity (Wildman–Crippen MR) is 126 cm³/mol. The van der Waals surface area contributed by atoms with Crippen LogP contribution in [0.2, 0.25) is 0 Å². The molecule has 0 unspecified atom stereocenters. The van der Waals surface area contributed by atoms with Gasteiger partial charge in [-0.25, -0.2) is 18.3 Å². The molecular weight excluding hydrogens is 458 g/mol. The summed E-state index contributed by atoms with van der Waals surface area (Å²) < 4.78 is 39.2. The summed E-state index contributed by atoms with van der Waals surface area (Å²) in [7, 11) is 2.85. The second-order valence-electron chi connectivity index (χ2n) is 7.79. The van der Waals surface area contributed by atoms with Crippen molar-refractivity contribution in [1.29, 1.82) is 0 Å². The maximum absolute atomic E-state index is 13.9. The average molecular weight is 480 g/mol. The van der Waals surface area contributed by atoms with E-state index in [9.17, 15) is 18.4 Å². The molecule has 0 aliphatic carbocycles. The van der Waals surface area contributed by atoms with Gasteiger partial charge in [-0.15, -0.1) is 0 Å². The van der Waals surface area contributed by atoms with Crippen LogP contribution in [0.3, 0.4) is 0 Å². The standard InChI is InChI=1S/C25H22F2N4O4/c1-13-5-7-15(8-6-13)18-10-20(23(26)27)31-24(29-18)17(12-28-31)25(33)30-19-11-22(35-4)21(34-3)9-16(19)14(2)32/h5-12,23H,1-4H3,(H,30,33). The van der Waals surface area contributed by atoms with Gasteiger partial charge in [-0.1, -0.05) is 29.8 Å². The number of alkyl halides is 2. The van der Waals surface area contributed by atoms with E-state index in [1.54, 1.807) is 12.1 Å². The number of carbonyl (C=O) groups excluding carboxylic acids is 2. The number of Topliss-reactive ketones (excluding diaryl/α,β-unsaturated/α-hetero) is 1. The smallest absolute Gasteiger partial charge is 0.280 e. The van der Waals surface area contributed by atoms with Gasteiger partial charge in [0, 0.05) is 17.2 Å². The number of halogens is 2. The quantitative estimate of drug-likeness (QED) is 0.369. The SMILES string of the molecule is COc1cc(NC(=O)c2cnn3c(C(F)F)cc(-c4ccc(C)cc4)nc23)c(C(C)=O)cc1OC. The molecule has 2 aromatic heterocycles. The minimum Gasteiger partial charge on any atom is -0.493 e. The van der Waals surface area contributed by atoms with Gasteiger partial charge in [-0.2, -0.15) is 5.10 Å². The summed E-state index contributed by atoms with van der Waals surface area (Å²) in [5.41, 5.74) is 1.78. The molecule has 0 aliphatic rings. The van der Waals surface area contributed by atoms with E-state index in [0.29, 0.717) is 17.1 Å². The van der Waals surface area contributed by atoms with E-state index in [4.69, 9.17) is 9.47 Å². The summed E-state index contributed by atoms with van der Waals surface area (Å²) >= 11 is 0. The van der Waals surface area contributed by atoms with Crippen molar-refractivity contribution in [2.24, 2.45) is 0 Å². The molecule has 0 fully saturated rings. The van der Waals surface area contributed by atoms with Gasteiger partial charge in [0.25, 0.3) is 12.3 Å². The van der Waals surface area contributed by atoms with Gasteiger partial charge in [0.2, 0.25) is 0 Å². The zero-order valence-electron chi connectivity index (χ0n) is 19.4. The van der Waals surface area contributed by atoms with Gasteiger partial charge in [0.1, 0.15) is 11.3 Å². The lowest BCUT2D eigenvalue weighted by atomic mass is 10.1. The molecule has 0 radical (unpaired) electrons. The minimum atomic E-state index is -2.85. The first kappa shape index (κ1) is 23.8. The Balaban J connectivity index is 1.81. The molecule has 35 heavy (non-hydrogen) atoms. The zero-order chi connectivity index (χ0) is 25.3. The van der Waals surface area contributed by atoms with Gasteiger partial charge in [-0.05, 0) is 26.0 Å². The molecule has 0 saturated carbocycles. The first-order valence-electron chi connectivity index (χ1n) is 10.6. The molecule has 2 aromatic carbocycles. The van der Waals surface area contributed by atoms with Crippen molar-refractivity contribution in [1.82, 2.24) is 14.6 Å². The van der Waals surface area contributed by atoms with Gasteiger partial charge in [0.05, 0.1) is 31.8 Å². The highest BCUT2D eigenvalue weighted by Gasteiger charge is 2.23. The fraction of sp³-hybridized carbons (Fsp3) is 0.200. The van der Waals surface area contributed by atoms with Crippen molar-refractivity contribution >= 4 is 23.0 Å². The van der Waals surface area contributed by atoms with Crippen molar-refractivity contribution in [2.75, 3.05) is 19.5 Å². The summed E-state index contributed by atoms with van der Waals surface area (Å²) in [6.07, 6.45) is -1.69. The van der Waals surface area contributed by atoms with Crippen molar-refractivity contribution in [3.63, 3.8) is 0 Å². The summed E-state index contributed by atoms with van der Waals surface area (Å²) in [5.74, 6) is -0.380.